The third-order valence-corrected chi connectivity index (χ3v) is 3.44. The topological polar surface area (TPSA) is 47.6 Å². The molecule has 0 aliphatic rings. The molecule has 2 aromatic rings. The van der Waals surface area contributed by atoms with E-state index in [1.54, 1.807) is 6.07 Å². The number of carbonyl (C=O) groups excluding carboxylic acids is 1. The molecule has 2 rings (SSSR count). The number of rotatable bonds is 6. The lowest BCUT2D eigenvalue weighted by molar-refractivity contribution is 0.102. The largest absolute Gasteiger partial charge is 0.494 e. The van der Waals surface area contributed by atoms with Crippen molar-refractivity contribution in [1.82, 2.24) is 0 Å². The fourth-order valence-corrected chi connectivity index (χ4v) is 2.40. The van der Waals surface area contributed by atoms with Crippen LogP contribution in [0.25, 0.3) is 0 Å². The molecular weight excluding hydrogens is 290 g/mol. The Hall–Kier alpha value is -2.49. The summed E-state index contributed by atoms with van der Waals surface area (Å²) in [5.41, 5.74) is 3.34. The molecule has 0 bridgehead atoms. The summed E-state index contributed by atoms with van der Waals surface area (Å²) in [6, 6.07) is 11.2. The molecule has 0 aromatic heterocycles. The number of carbonyl (C=O) groups is 1. The molecule has 4 nitrogen and oxygen atoms in total. The van der Waals surface area contributed by atoms with Gasteiger partial charge in [0.05, 0.1) is 18.9 Å². The van der Waals surface area contributed by atoms with Crippen LogP contribution < -0.4 is 14.8 Å². The predicted octanol–water partition coefficient (Wildman–Crippen LogP) is 4.35. The molecule has 0 unspecified atom stereocenters. The van der Waals surface area contributed by atoms with Gasteiger partial charge in [0.1, 0.15) is 11.5 Å². The highest BCUT2D eigenvalue weighted by molar-refractivity contribution is 6.06. The first kappa shape index (κ1) is 16.9. The summed E-state index contributed by atoms with van der Waals surface area (Å²) in [5, 5.41) is 2.93. The molecule has 122 valence electrons. The van der Waals surface area contributed by atoms with Gasteiger partial charge in [0, 0.05) is 11.6 Å². The molecule has 1 amide bonds. The Morgan fingerprint density at radius 2 is 1.74 bits per heavy atom. The van der Waals surface area contributed by atoms with Gasteiger partial charge in [0.15, 0.2) is 0 Å². The van der Waals surface area contributed by atoms with Crippen LogP contribution in [0.15, 0.2) is 36.4 Å². The van der Waals surface area contributed by atoms with Crippen molar-refractivity contribution >= 4 is 11.6 Å². The summed E-state index contributed by atoms with van der Waals surface area (Å²) in [4.78, 5) is 12.6. The molecule has 0 atom stereocenters. The highest BCUT2D eigenvalue weighted by Crippen LogP contribution is 2.30. The second-order valence-corrected chi connectivity index (χ2v) is 5.30. The molecular formula is C19H23NO3. The van der Waals surface area contributed by atoms with E-state index in [4.69, 9.17) is 9.47 Å². The van der Waals surface area contributed by atoms with Crippen molar-refractivity contribution in [3.05, 3.63) is 53.1 Å². The number of aryl methyl sites for hydroxylation is 2. The molecule has 23 heavy (non-hydrogen) atoms. The lowest BCUT2D eigenvalue weighted by Gasteiger charge is -2.14. The Kier molecular flexibility index (Phi) is 5.63. The number of benzene rings is 2. The molecule has 0 radical (unpaired) electrons. The van der Waals surface area contributed by atoms with Crippen molar-refractivity contribution in [2.75, 3.05) is 18.5 Å². The average Bonchev–Trinajstić information content (AvgIpc) is 2.50. The van der Waals surface area contributed by atoms with Crippen LogP contribution in [0.2, 0.25) is 0 Å². The zero-order valence-electron chi connectivity index (χ0n) is 14.1. The van der Waals surface area contributed by atoms with Gasteiger partial charge in [-0.1, -0.05) is 17.7 Å². The van der Waals surface area contributed by atoms with Crippen LogP contribution in [0.3, 0.4) is 0 Å². The van der Waals surface area contributed by atoms with E-state index in [0.29, 0.717) is 36.0 Å². The summed E-state index contributed by atoms with van der Waals surface area (Å²) in [6.07, 6.45) is 0. The van der Waals surface area contributed by atoms with E-state index in [2.05, 4.69) is 5.32 Å². The van der Waals surface area contributed by atoms with E-state index < -0.39 is 0 Å². The molecule has 0 aliphatic carbocycles. The molecule has 0 fully saturated rings. The first-order chi connectivity index (χ1) is 11.0. The summed E-state index contributed by atoms with van der Waals surface area (Å²) < 4.78 is 11.1. The Morgan fingerprint density at radius 3 is 2.39 bits per heavy atom. The van der Waals surface area contributed by atoms with Gasteiger partial charge in [-0.3, -0.25) is 4.79 Å². The minimum atomic E-state index is -0.155. The Labute approximate surface area is 137 Å². The molecule has 0 saturated carbocycles. The van der Waals surface area contributed by atoms with Crippen LogP contribution in [-0.4, -0.2) is 19.1 Å². The van der Waals surface area contributed by atoms with E-state index in [1.807, 2.05) is 58.0 Å². The number of ether oxygens (including phenoxy) is 2. The van der Waals surface area contributed by atoms with E-state index in [9.17, 15) is 4.79 Å². The summed E-state index contributed by atoms with van der Waals surface area (Å²) in [5.74, 6) is 1.18. The maximum atomic E-state index is 12.6. The summed E-state index contributed by atoms with van der Waals surface area (Å²) in [7, 11) is 0. The van der Waals surface area contributed by atoms with Gasteiger partial charge in [-0.05, 0) is 51.5 Å². The number of hydrogen-bond acceptors (Lipinski definition) is 3. The number of nitrogens with one attached hydrogen (secondary N) is 1. The van der Waals surface area contributed by atoms with Crippen molar-refractivity contribution in [2.45, 2.75) is 27.7 Å². The second-order valence-electron chi connectivity index (χ2n) is 5.30. The minimum Gasteiger partial charge on any atom is -0.494 e. The SMILES string of the molecule is CCOc1ccc(OCC)c(NC(=O)c2ccc(C)cc2C)c1. The molecule has 0 heterocycles. The monoisotopic (exact) mass is 313 g/mol. The second kappa shape index (κ2) is 7.68. The smallest absolute Gasteiger partial charge is 0.256 e. The maximum Gasteiger partial charge on any atom is 0.256 e. The fraction of sp³-hybridized carbons (Fsp3) is 0.316. The molecule has 0 aliphatic heterocycles. The summed E-state index contributed by atoms with van der Waals surface area (Å²) in [6.45, 7) is 8.87. The molecule has 0 spiro atoms. The highest BCUT2D eigenvalue weighted by Gasteiger charge is 2.13. The third kappa shape index (κ3) is 4.25. The minimum absolute atomic E-state index is 0.155. The first-order valence-electron chi connectivity index (χ1n) is 7.83. The van der Waals surface area contributed by atoms with E-state index in [0.717, 1.165) is 11.1 Å². The van der Waals surface area contributed by atoms with Gasteiger partial charge >= 0.3 is 0 Å². The lowest BCUT2D eigenvalue weighted by atomic mass is 10.1. The Morgan fingerprint density at radius 1 is 1.00 bits per heavy atom. The van der Waals surface area contributed by atoms with Gasteiger partial charge < -0.3 is 14.8 Å². The average molecular weight is 313 g/mol. The molecule has 0 saturated heterocycles. The van der Waals surface area contributed by atoms with Crippen molar-refractivity contribution in [3.63, 3.8) is 0 Å². The zero-order chi connectivity index (χ0) is 16.8. The molecule has 4 heteroatoms. The first-order valence-corrected chi connectivity index (χ1v) is 7.83. The zero-order valence-corrected chi connectivity index (χ0v) is 14.1. The van der Waals surface area contributed by atoms with Gasteiger partial charge in [0.25, 0.3) is 5.91 Å². The van der Waals surface area contributed by atoms with Crippen LogP contribution >= 0.6 is 0 Å². The Bertz CT molecular complexity index is 695. The maximum absolute atomic E-state index is 12.6. The van der Waals surface area contributed by atoms with E-state index >= 15 is 0 Å². The fourth-order valence-electron chi connectivity index (χ4n) is 2.40. The van der Waals surface area contributed by atoms with Crippen molar-refractivity contribution in [3.8, 4) is 11.5 Å². The summed E-state index contributed by atoms with van der Waals surface area (Å²) >= 11 is 0. The quantitative estimate of drug-likeness (QED) is 0.862. The van der Waals surface area contributed by atoms with Crippen LogP contribution in [0.1, 0.15) is 35.3 Å². The molecule has 2 aromatic carbocycles. The number of amides is 1. The van der Waals surface area contributed by atoms with E-state index in [1.165, 1.54) is 0 Å². The van der Waals surface area contributed by atoms with Crippen molar-refractivity contribution < 1.29 is 14.3 Å². The molecule has 1 N–H and O–H groups in total. The van der Waals surface area contributed by atoms with Gasteiger partial charge in [-0.15, -0.1) is 0 Å². The normalized spacial score (nSPS) is 10.3. The van der Waals surface area contributed by atoms with Crippen LogP contribution in [0.4, 0.5) is 5.69 Å². The lowest BCUT2D eigenvalue weighted by Crippen LogP contribution is -2.14. The van der Waals surface area contributed by atoms with Crippen molar-refractivity contribution in [1.29, 1.82) is 0 Å². The van der Waals surface area contributed by atoms with Gasteiger partial charge in [-0.25, -0.2) is 0 Å². The highest BCUT2D eigenvalue weighted by atomic mass is 16.5. The number of hydrogen-bond donors (Lipinski definition) is 1. The van der Waals surface area contributed by atoms with E-state index in [-0.39, 0.29) is 5.91 Å². The third-order valence-electron chi connectivity index (χ3n) is 3.44. The van der Waals surface area contributed by atoms with Crippen molar-refractivity contribution in [2.24, 2.45) is 0 Å². The predicted molar refractivity (Wildman–Crippen MR) is 92.6 cm³/mol. The Balaban J connectivity index is 2.29. The van der Waals surface area contributed by atoms with Crippen LogP contribution in [0.5, 0.6) is 11.5 Å². The van der Waals surface area contributed by atoms with Crippen LogP contribution in [-0.2, 0) is 0 Å². The standard InChI is InChI=1S/C19H23NO3/c1-5-22-15-8-10-18(23-6-2)17(12-15)20-19(21)16-9-7-13(3)11-14(16)4/h7-12H,5-6H2,1-4H3,(H,20,21). The van der Waals surface area contributed by atoms with Gasteiger partial charge in [-0.2, -0.15) is 0 Å². The van der Waals surface area contributed by atoms with Crippen LogP contribution in [0, 0.1) is 13.8 Å². The van der Waals surface area contributed by atoms with Gasteiger partial charge in [0.2, 0.25) is 0 Å². The number of anilines is 1.